The predicted molar refractivity (Wildman–Crippen MR) is 79.7 cm³/mol. The zero-order chi connectivity index (χ0) is 13.9. The van der Waals surface area contributed by atoms with Gasteiger partial charge in [0.2, 0.25) is 0 Å². The monoisotopic (exact) mass is 265 g/mol. The van der Waals surface area contributed by atoms with Crippen molar-refractivity contribution in [3.05, 3.63) is 59.9 Å². The molecule has 3 aromatic rings. The fourth-order valence-corrected chi connectivity index (χ4v) is 2.19. The topological polar surface area (TPSA) is 58.0 Å². The maximum absolute atomic E-state index is 9.82. The summed E-state index contributed by atoms with van der Waals surface area (Å²) in [7, 11) is 0. The molecule has 0 aliphatic heterocycles. The van der Waals surface area contributed by atoms with Crippen molar-refractivity contribution in [2.45, 2.75) is 13.5 Å². The van der Waals surface area contributed by atoms with Crippen LogP contribution in [0.2, 0.25) is 0 Å². The number of anilines is 1. The molecule has 4 heteroatoms. The molecule has 0 spiro atoms. The summed E-state index contributed by atoms with van der Waals surface area (Å²) in [5.41, 5.74) is 2.87. The molecule has 1 aromatic carbocycles. The normalized spacial score (nSPS) is 10.7. The van der Waals surface area contributed by atoms with E-state index in [1.807, 2.05) is 37.3 Å². The molecule has 4 nitrogen and oxygen atoms in total. The standard InChI is InChI=1S/C16H15N3O/c1-11-6-8-17-15(9-11)19-10-12-4-5-14(20)16-13(12)3-2-7-18-16/h2-9,20H,10H2,1H3,(H,17,19). The minimum Gasteiger partial charge on any atom is -0.506 e. The molecule has 0 atom stereocenters. The first-order valence-corrected chi connectivity index (χ1v) is 6.46. The van der Waals surface area contributed by atoms with Crippen LogP contribution in [0.1, 0.15) is 11.1 Å². The van der Waals surface area contributed by atoms with Gasteiger partial charge in [-0.1, -0.05) is 12.1 Å². The number of hydrogen-bond acceptors (Lipinski definition) is 4. The molecule has 100 valence electrons. The molecule has 0 aliphatic rings. The van der Waals surface area contributed by atoms with Crippen molar-refractivity contribution in [2.24, 2.45) is 0 Å². The van der Waals surface area contributed by atoms with Crippen LogP contribution >= 0.6 is 0 Å². The third-order valence-electron chi connectivity index (χ3n) is 3.21. The summed E-state index contributed by atoms with van der Waals surface area (Å²) in [5, 5.41) is 14.1. The van der Waals surface area contributed by atoms with Gasteiger partial charge in [0, 0.05) is 24.3 Å². The van der Waals surface area contributed by atoms with Gasteiger partial charge in [-0.25, -0.2) is 4.98 Å². The van der Waals surface area contributed by atoms with Crippen LogP contribution < -0.4 is 5.32 Å². The Bertz CT molecular complexity index is 756. The van der Waals surface area contributed by atoms with E-state index in [0.29, 0.717) is 12.1 Å². The SMILES string of the molecule is Cc1ccnc(NCc2ccc(O)c3ncccc23)c1. The first-order chi connectivity index (χ1) is 9.74. The number of phenols is 1. The number of aromatic hydroxyl groups is 1. The Morgan fingerprint density at radius 2 is 2.00 bits per heavy atom. The van der Waals surface area contributed by atoms with Crippen molar-refractivity contribution in [3.63, 3.8) is 0 Å². The van der Waals surface area contributed by atoms with E-state index in [1.54, 1.807) is 18.5 Å². The van der Waals surface area contributed by atoms with Crippen molar-refractivity contribution in [1.82, 2.24) is 9.97 Å². The molecule has 0 saturated carbocycles. The maximum atomic E-state index is 9.82. The fourth-order valence-electron chi connectivity index (χ4n) is 2.19. The Hall–Kier alpha value is -2.62. The number of aromatic nitrogens is 2. The van der Waals surface area contributed by atoms with Crippen LogP contribution in [0, 0.1) is 6.92 Å². The van der Waals surface area contributed by atoms with Gasteiger partial charge in [-0.2, -0.15) is 0 Å². The number of benzene rings is 1. The zero-order valence-corrected chi connectivity index (χ0v) is 11.2. The van der Waals surface area contributed by atoms with Crippen molar-refractivity contribution in [3.8, 4) is 5.75 Å². The molecule has 0 saturated heterocycles. The first-order valence-electron chi connectivity index (χ1n) is 6.46. The van der Waals surface area contributed by atoms with Crippen molar-refractivity contribution < 1.29 is 5.11 Å². The zero-order valence-electron chi connectivity index (χ0n) is 11.2. The molecule has 0 aliphatic carbocycles. The second kappa shape index (κ2) is 5.17. The highest BCUT2D eigenvalue weighted by Crippen LogP contribution is 2.25. The number of nitrogens with one attached hydrogen (secondary N) is 1. The number of pyridine rings is 2. The third-order valence-corrected chi connectivity index (χ3v) is 3.21. The highest BCUT2D eigenvalue weighted by Gasteiger charge is 2.06. The molecule has 2 aromatic heterocycles. The van der Waals surface area contributed by atoms with Crippen LogP contribution in [-0.4, -0.2) is 15.1 Å². The van der Waals surface area contributed by atoms with Crippen molar-refractivity contribution in [2.75, 3.05) is 5.32 Å². The van der Waals surface area contributed by atoms with E-state index >= 15 is 0 Å². The van der Waals surface area contributed by atoms with Gasteiger partial charge in [0.1, 0.15) is 17.1 Å². The first kappa shape index (κ1) is 12.4. The summed E-state index contributed by atoms with van der Waals surface area (Å²) in [4.78, 5) is 8.49. The largest absolute Gasteiger partial charge is 0.506 e. The van der Waals surface area contributed by atoms with Gasteiger partial charge in [-0.3, -0.25) is 4.98 Å². The van der Waals surface area contributed by atoms with Crippen molar-refractivity contribution in [1.29, 1.82) is 0 Å². The molecule has 3 rings (SSSR count). The van der Waals surface area contributed by atoms with E-state index in [-0.39, 0.29) is 5.75 Å². The average Bonchev–Trinajstić information content (AvgIpc) is 2.47. The Labute approximate surface area is 117 Å². The number of rotatable bonds is 3. The Morgan fingerprint density at radius 1 is 1.10 bits per heavy atom. The summed E-state index contributed by atoms with van der Waals surface area (Å²) in [6.45, 7) is 2.67. The lowest BCUT2D eigenvalue weighted by Crippen LogP contribution is -2.02. The Kier molecular flexibility index (Phi) is 3.21. The molecule has 2 N–H and O–H groups in total. The van der Waals surface area contributed by atoms with Gasteiger partial charge in [0.15, 0.2) is 0 Å². The number of fused-ring (bicyclic) bond motifs is 1. The van der Waals surface area contributed by atoms with Gasteiger partial charge in [-0.15, -0.1) is 0 Å². The lowest BCUT2D eigenvalue weighted by molar-refractivity contribution is 0.480. The summed E-state index contributed by atoms with van der Waals surface area (Å²) in [6.07, 6.45) is 3.47. The average molecular weight is 265 g/mol. The summed E-state index contributed by atoms with van der Waals surface area (Å²) >= 11 is 0. The second-order valence-electron chi connectivity index (χ2n) is 4.72. The van der Waals surface area contributed by atoms with Gasteiger partial charge < -0.3 is 10.4 Å². The quantitative estimate of drug-likeness (QED) is 0.763. The molecule has 0 bridgehead atoms. The number of aryl methyl sites for hydroxylation is 1. The third kappa shape index (κ3) is 2.40. The van der Waals surface area contributed by atoms with Gasteiger partial charge in [0.25, 0.3) is 0 Å². The van der Waals surface area contributed by atoms with E-state index in [1.165, 1.54) is 5.56 Å². The summed E-state index contributed by atoms with van der Waals surface area (Å²) < 4.78 is 0. The number of nitrogens with zero attached hydrogens (tertiary/aromatic N) is 2. The molecule has 0 radical (unpaired) electrons. The van der Waals surface area contributed by atoms with Crippen LogP contribution in [0.4, 0.5) is 5.82 Å². The van der Waals surface area contributed by atoms with Crippen LogP contribution in [0.15, 0.2) is 48.8 Å². The molecule has 0 amide bonds. The molecular weight excluding hydrogens is 250 g/mol. The molecule has 20 heavy (non-hydrogen) atoms. The molecular formula is C16H15N3O. The highest BCUT2D eigenvalue weighted by molar-refractivity contribution is 5.87. The number of phenolic OH excluding ortho intramolecular Hbond substituents is 1. The minimum absolute atomic E-state index is 0.207. The van der Waals surface area contributed by atoms with Crippen LogP contribution in [0.3, 0.4) is 0 Å². The second-order valence-corrected chi connectivity index (χ2v) is 4.72. The van der Waals surface area contributed by atoms with Gasteiger partial charge in [-0.05, 0) is 42.3 Å². The molecule has 0 fully saturated rings. The lowest BCUT2D eigenvalue weighted by atomic mass is 10.1. The summed E-state index contributed by atoms with van der Waals surface area (Å²) in [5.74, 6) is 1.05. The van der Waals surface area contributed by atoms with E-state index in [0.717, 1.165) is 16.8 Å². The van der Waals surface area contributed by atoms with E-state index in [2.05, 4.69) is 15.3 Å². The van der Waals surface area contributed by atoms with Crippen LogP contribution in [0.25, 0.3) is 10.9 Å². The highest BCUT2D eigenvalue weighted by atomic mass is 16.3. The molecule has 0 unspecified atom stereocenters. The van der Waals surface area contributed by atoms with E-state index in [9.17, 15) is 5.11 Å². The molecule has 2 heterocycles. The Balaban J connectivity index is 1.90. The van der Waals surface area contributed by atoms with Gasteiger partial charge in [0.05, 0.1) is 0 Å². The summed E-state index contributed by atoms with van der Waals surface area (Å²) in [6, 6.07) is 11.4. The minimum atomic E-state index is 0.207. The fraction of sp³-hybridized carbons (Fsp3) is 0.125. The van der Waals surface area contributed by atoms with Crippen LogP contribution in [0.5, 0.6) is 5.75 Å². The smallest absolute Gasteiger partial charge is 0.141 e. The van der Waals surface area contributed by atoms with E-state index in [4.69, 9.17) is 0 Å². The lowest BCUT2D eigenvalue weighted by Gasteiger charge is -2.09. The maximum Gasteiger partial charge on any atom is 0.141 e. The number of hydrogen-bond donors (Lipinski definition) is 2. The van der Waals surface area contributed by atoms with Crippen molar-refractivity contribution >= 4 is 16.7 Å². The van der Waals surface area contributed by atoms with Gasteiger partial charge >= 0.3 is 0 Å². The Morgan fingerprint density at radius 3 is 2.85 bits per heavy atom. The van der Waals surface area contributed by atoms with E-state index < -0.39 is 0 Å². The predicted octanol–water partition coefficient (Wildman–Crippen LogP) is 3.26. The van der Waals surface area contributed by atoms with Crippen LogP contribution in [-0.2, 0) is 6.54 Å².